The number of hydrogen-bond acceptors (Lipinski definition) is 3. The number of carboxylic acid groups (broad SMARTS) is 2. The Balaban J connectivity index is 3.14. The molecule has 2 N–H and O–H groups in total. The van der Waals surface area contributed by atoms with Gasteiger partial charge in [-0.1, -0.05) is 6.07 Å². The van der Waals surface area contributed by atoms with Gasteiger partial charge in [-0.25, -0.2) is 9.59 Å². The van der Waals surface area contributed by atoms with Gasteiger partial charge in [0.05, 0.1) is 0 Å². The van der Waals surface area contributed by atoms with E-state index in [1.807, 2.05) is 0 Å². The van der Waals surface area contributed by atoms with Gasteiger partial charge in [-0.2, -0.15) is 0 Å². The number of aryl methyl sites for hydroxylation is 2. The quantitative estimate of drug-likeness (QED) is 0.808. The second-order valence-electron chi connectivity index (χ2n) is 3.45. The number of carbonyl (C=O) groups is 2. The Bertz CT molecular complexity index is 436. The van der Waals surface area contributed by atoms with Crippen molar-refractivity contribution < 1.29 is 24.5 Å². The summed E-state index contributed by atoms with van der Waals surface area (Å²) >= 11 is 0. The van der Waals surface area contributed by atoms with Crippen molar-refractivity contribution in [1.29, 1.82) is 0 Å². The Kier molecular flexibility index (Phi) is 3.50. The normalized spacial score (nSPS) is 9.88. The van der Waals surface area contributed by atoms with E-state index in [0.29, 0.717) is 5.56 Å². The third-order valence-corrected chi connectivity index (χ3v) is 1.99. The SMILES string of the molecule is Cc1cc(C)c(OCC(=O)O)c(C(=O)O)c1. The molecule has 0 aliphatic carbocycles. The number of aromatic carboxylic acids is 1. The molecule has 0 fully saturated rings. The molecular weight excluding hydrogens is 212 g/mol. The molecule has 0 aliphatic heterocycles. The second kappa shape index (κ2) is 4.65. The van der Waals surface area contributed by atoms with E-state index in [1.165, 1.54) is 6.07 Å². The highest BCUT2D eigenvalue weighted by Gasteiger charge is 2.15. The van der Waals surface area contributed by atoms with Crippen LogP contribution in [0.15, 0.2) is 12.1 Å². The Hall–Kier alpha value is -2.04. The fourth-order valence-electron chi connectivity index (χ4n) is 1.44. The first-order valence-electron chi connectivity index (χ1n) is 4.61. The minimum absolute atomic E-state index is 0.0150. The summed E-state index contributed by atoms with van der Waals surface area (Å²) in [5.41, 5.74) is 1.38. The highest BCUT2D eigenvalue weighted by molar-refractivity contribution is 5.91. The van der Waals surface area contributed by atoms with E-state index in [0.717, 1.165) is 5.56 Å². The first-order chi connectivity index (χ1) is 7.41. The molecule has 86 valence electrons. The summed E-state index contributed by atoms with van der Waals surface area (Å²) in [6.07, 6.45) is 0. The number of aliphatic carboxylic acids is 1. The molecule has 0 amide bonds. The Morgan fingerprint density at radius 2 is 1.88 bits per heavy atom. The van der Waals surface area contributed by atoms with Crippen molar-refractivity contribution in [3.8, 4) is 5.75 Å². The van der Waals surface area contributed by atoms with Gasteiger partial charge in [0.2, 0.25) is 0 Å². The van der Waals surface area contributed by atoms with Crippen LogP contribution in [0.25, 0.3) is 0 Å². The largest absolute Gasteiger partial charge is 0.481 e. The number of hydrogen-bond donors (Lipinski definition) is 2. The molecule has 1 aromatic carbocycles. The van der Waals surface area contributed by atoms with Crippen LogP contribution in [0.3, 0.4) is 0 Å². The Morgan fingerprint density at radius 3 is 2.38 bits per heavy atom. The molecule has 0 saturated carbocycles. The molecule has 0 radical (unpaired) electrons. The van der Waals surface area contributed by atoms with Crippen molar-refractivity contribution >= 4 is 11.9 Å². The van der Waals surface area contributed by atoms with Gasteiger partial charge in [0.25, 0.3) is 0 Å². The molecule has 0 atom stereocenters. The molecule has 5 nitrogen and oxygen atoms in total. The molecule has 0 spiro atoms. The molecule has 0 saturated heterocycles. The number of carboxylic acids is 2. The third kappa shape index (κ3) is 2.73. The van der Waals surface area contributed by atoms with Gasteiger partial charge in [-0.15, -0.1) is 0 Å². The van der Waals surface area contributed by atoms with E-state index in [1.54, 1.807) is 19.9 Å². The summed E-state index contributed by atoms with van der Waals surface area (Å²) in [7, 11) is 0. The van der Waals surface area contributed by atoms with E-state index in [4.69, 9.17) is 14.9 Å². The van der Waals surface area contributed by atoms with Gasteiger partial charge in [0, 0.05) is 0 Å². The lowest BCUT2D eigenvalue weighted by Crippen LogP contribution is -2.13. The van der Waals surface area contributed by atoms with Gasteiger partial charge >= 0.3 is 11.9 Å². The molecule has 1 rings (SSSR count). The van der Waals surface area contributed by atoms with Crippen LogP contribution in [-0.2, 0) is 4.79 Å². The van der Waals surface area contributed by atoms with Gasteiger partial charge in [-0.3, -0.25) is 0 Å². The van der Waals surface area contributed by atoms with E-state index >= 15 is 0 Å². The predicted octanol–water partition coefficient (Wildman–Crippen LogP) is 1.47. The minimum atomic E-state index is -1.14. The van der Waals surface area contributed by atoms with E-state index < -0.39 is 18.5 Å². The summed E-state index contributed by atoms with van der Waals surface area (Å²) in [4.78, 5) is 21.3. The summed E-state index contributed by atoms with van der Waals surface area (Å²) in [6.45, 7) is 2.89. The van der Waals surface area contributed by atoms with E-state index in [2.05, 4.69) is 0 Å². The average Bonchev–Trinajstić information content (AvgIpc) is 2.14. The summed E-state index contributed by atoms with van der Waals surface area (Å²) in [5, 5.41) is 17.4. The van der Waals surface area contributed by atoms with Crippen molar-refractivity contribution in [2.24, 2.45) is 0 Å². The number of rotatable bonds is 4. The van der Waals surface area contributed by atoms with Crippen LogP contribution in [0.5, 0.6) is 5.75 Å². The van der Waals surface area contributed by atoms with E-state index in [9.17, 15) is 9.59 Å². The second-order valence-corrected chi connectivity index (χ2v) is 3.45. The van der Waals surface area contributed by atoms with Crippen LogP contribution >= 0.6 is 0 Å². The van der Waals surface area contributed by atoms with Crippen LogP contribution in [0, 0.1) is 13.8 Å². The fraction of sp³-hybridized carbons (Fsp3) is 0.273. The maximum absolute atomic E-state index is 10.9. The molecule has 0 unspecified atom stereocenters. The van der Waals surface area contributed by atoms with Crippen LogP contribution in [0.4, 0.5) is 0 Å². The molecule has 16 heavy (non-hydrogen) atoms. The maximum atomic E-state index is 10.9. The van der Waals surface area contributed by atoms with Crippen molar-refractivity contribution in [3.05, 3.63) is 28.8 Å². The zero-order chi connectivity index (χ0) is 12.3. The molecular formula is C11H12O5. The Morgan fingerprint density at radius 1 is 1.25 bits per heavy atom. The van der Waals surface area contributed by atoms with Crippen molar-refractivity contribution in [3.63, 3.8) is 0 Å². The van der Waals surface area contributed by atoms with E-state index in [-0.39, 0.29) is 11.3 Å². The van der Waals surface area contributed by atoms with Crippen molar-refractivity contribution in [2.75, 3.05) is 6.61 Å². The number of benzene rings is 1. The molecule has 1 aromatic rings. The van der Waals surface area contributed by atoms with Crippen molar-refractivity contribution in [1.82, 2.24) is 0 Å². The highest BCUT2D eigenvalue weighted by atomic mass is 16.5. The average molecular weight is 224 g/mol. The standard InChI is InChI=1S/C11H12O5/c1-6-3-7(2)10(16-5-9(12)13)8(4-6)11(14)15/h3-4H,5H2,1-2H3,(H,12,13)(H,14,15). The third-order valence-electron chi connectivity index (χ3n) is 1.99. The molecule has 0 heterocycles. The first-order valence-corrected chi connectivity index (χ1v) is 4.61. The Labute approximate surface area is 92.3 Å². The van der Waals surface area contributed by atoms with Crippen LogP contribution in [0.1, 0.15) is 21.5 Å². The van der Waals surface area contributed by atoms with Crippen molar-refractivity contribution in [2.45, 2.75) is 13.8 Å². The van der Waals surface area contributed by atoms with Gasteiger partial charge < -0.3 is 14.9 Å². The predicted molar refractivity (Wildman–Crippen MR) is 56.0 cm³/mol. The summed E-state index contributed by atoms with van der Waals surface area (Å²) < 4.78 is 4.97. The smallest absolute Gasteiger partial charge is 0.341 e. The molecule has 0 aliphatic rings. The van der Waals surface area contributed by atoms with Crippen LogP contribution < -0.4 is 4.74 Å². The zero-order valence-corrected chi connectivity index (χ0v) is 8.98. The lowest BCUT2D eigenvalue weighted by Gasteiger charge is -2.11. The lowest BCUT2D eigenvalue weighted by molar-refractivity contribution is -0.139. The first kappa shape index (κ1) is 12.0. The molecule has 0 aromatic heterocycles. The lowest BCUT2D eigenvalue weighted by atomic mass is 10.1. The summed E-state index contributed by atoms with van der Waals surface area (Å²) in [5.74, 6) is -2.16. The molecule has 5 heteroatoms. The van der Waals surface area contributed by atoms with Gasteiger partial charge in [0.1, 0.15) is 11.3 Å². The maximum Gasteiger partial charge on any atom is 0.341 e. The van der Waals surface area contributed by atoms with Gasteiger partial charge in [-0.05, 0) is 31.0 Å². The number of ether oxygens (including phenoxy) is 1. The van der Waals surface area contributed by atoms with Crippen LogP contribution in [0.2, 0.25) is 0 Å². The molecule has 0 bridgehead atoms. The van der Waals surface area contributed by atoms with Gasteiger partial charge in [0.15, 0.2) is 6.61 Å². The minimum Gasteiger partial charge on any atom is -0.481 e. The summed E-state index contributed by atoms with van der Waals surface area (Å²) in [6, 6.07) is 3.19. The monoisotopic (exact) mass is 224 g/mol. The highest BCUT2D eigenvalue weighted by Crippen LogP contribution is 2.25. The zero-order valence-electron chi connectivity index (χ0n) is 8.98. The topological polar surface area (TPSA) is 83.8 Å². The fourth-order valence-corrected chi connectivity index (χ4v) is 1.44. The van der Waals surface area contributed by atoms with Crippen LogP contribution in [-0.4, -0.2) is 28.8 Å².